The quantitative estimate of drug-likeness (QED) is 0.356. The average Bonchev–Trinajstić information content (AvgIpc) is 2.49. The fourth-order valence-electron chi connectivity index (χ4n) is 2.27. The van der Waals surface area contributed by atoms with Gasteiger partial charge in [0.2, 0.25) is 0 Å². The number of esters is 1. The Labute approximate surface area is 134 Å². The first-order valence-corrected chi connectivity index (χ1v) is 8.72. The van der Waals surface area contributed by atoms with Gasteiger partial charge in [-0.2, -0.15) is 0 Å². The molecule has 3 N–H and O–H groups in total. The van der Waals surface area contributed by atoms with Crippen molar-refractivity contribution in [2.24, 2.45) is 5.73 Å². The zero-order valence-corrected chi connectivity index (χ0v) is 14.0. The van der Waals surface area contributed by atoms with Crippen LogP contribution in [0.15, 0.2) is 0 Å². The van der Waals surface area contributed by atoms with E-state index in [9.17, 15) is 9.59 Å². The van der Waals surface area contributed by atoms with Crippen molar-refractivity contribution in [1.82, 2.24) is 0 Å². The molecule has 1 atom stereocenters. The third kappa shape index (κ3) is 13.9. The molecular formula is C17H33NO4. The average molecular weight is 315 g/mol. The highest BCUT2D eigenvalue weighted by Gasteiger charge is 2.15. The van der Waals surface area contributed by atoms with Gasteiger partial charge in [-0.25, -0.2) is 0 Å². The Bertz CT molecular complexity index is 294. The lowest BCUT2D eigenvalue weighted by Crippen LogP contribution is -2.33. The maximum Gasteiger partial charge on any atom is 0.322 e. The second kappa shape index (κ2) is 14.8. The molecular weight excluding hydrogens is 282 g/mol. The SMILES string of the molecule is CCCCCCCCCCCCOC(=O)C(N)CCC(=O)O. The monoisotopic (exact) mass is 315 g/mol. The molecule has 0 spiro atoms. The molecule has 5 nitrogen and oxygen atoms in total. The molecule has 130 valence electrons. The summed E-state index contributed by atoms with van der Waals surface area (Å²) in [5, 5.41) is 8.51. The maximum atomic E-state index is 11.5. The van der Waals surface area contributed by atoms with Gasteiger partial charge in [-0.15, -0.1) is 0 Å². The van der Waals surface area contributed by atoms with E-state index in [-0.39, 0.29) is 12.8 Å². The number of unbranched alkanes of at least 4 members (excludes halogenated alkanes) is 9. The van der Waals surface area contributed by atoms with Crippen molar-refractivity contribution in [2.75, 3.05) is 6.61 Å². The van der Waals surface area contributed by atoms with Gasteiger partial charge in [0, 0.05) is 6.42 Å². The molecule has 0 aromatic heterocycles. The van der Waals surface area contributed by atoms with Gasteiger partial charge in [-0.1, -0.05) is 64.7 Å². The zero-order valence-electron chi connectivity index (χ0n) is 14.0. The largest absolute Gasteiger partial charge is 0.481 e. The number of carboxylic acid groups (broad SMARTS) is 1. The van der Waals surface area contributed by atoms with Crippen LogP contribution in [0.5, 0.6) is 0 Å². The maximum absolute atomic E-state index is 11.5. The molecule has 0 aromatic carbocycles. The Kier molecular flexibility index (Phi) is 14.1. The first-order chi connectivity index (χ1) is 10.6. The van der Waals surface area contributed by atoms with E-state index in [1.165, 1.54) is 51.4 Å². The van der Waals surface area contributed by atoms with E-state index in [4.69, 9.17) is 15.6 Å². The van der Waals surface area contributed by atoms with E-state index in [0.29, 0.717) is 6.61 Å². The molecule has 0 aromatic rings. The number of rotatable bonds is 15. The molecule has 22 heavy (non-hydrogen) atoms. The number of carboxylic acids is 1. The zero-order chi connectivity index (χ0) is 16.6. The van der Waals surface area contributed by atoms with E-state index < -0.39 is 18.0 Å². The number of ether oxygens (including phenoxy) is 1. The van der Waals surface area contributed by atoms with Gasteiger partial charge >= 0.3 is 11.9 Å². The molecule has 0 aliphatic carbocycles. The first kappa shape index (κ1) is 20.9. The van der Waals surface area contributed by atoms with Crippen molar-refractivity contribution in [1.29, 1.82) is 0 Å². The summed E-state index contributed by atoms with van der Waals surface area (Å²) in [6.07, 6.45) is 12.3. The lowest BCUT2D eigenvalue weighted by atomic mass is 10.1. The number of carbonyl (C=O) groups is 2. The smallest absolute Gasteiger partial charge is 0.322 e. The lowest BCUT2D eigenvalue weighted by Gasteiger charge is -2.10. The summed E-state index contributed by atoms with van der Waals surface area (Å²) < 4.78 is 5.05. The fraction of sp³-hybridized carbons (Fsp3) is 0.882. The molecule has 0 heterocycles. The van der Waals surface area contributed by atoms with Crippen LogP contribution < -0.4 is 5.73 Å². The van der Waals surface area contributed by atoms with Crippen molar-refractivity contribution >= 4 is 11.9 Å². The van der Waals surface area contributed by atoms with Crippen molar-refractivity contribution in [3.8, 4) is 0 Å². The number of hydrogen-bond donors (Lipinski definition) is 2. The molecule has 0 bridgehead atoms. The van der Waals surface area contributed by atoms with E-state index in [0.717, 1.165) is 12.8 Å². The van der Waals surface area contributed by atoms with Crippen LogP contribution in [0, 0.1) is 0 Å². The highest BCUT2D eigenvalue weighted by Crippen LogP contribution is 2.10. The van der Waals surface area contributed by atoms with Crippen molar-refractivity contribution in [3.05, 3.63) is 0 Å². The molecule has 0 saturated heterocycles. The Balaban J connectivity index is 3.31. The van der Waals surface area contributed by atoms with E-state index in [1.54, 1.807) is 0 Å². The topological polar surface area (TPSA) is 89.6 Å². The minimum absolute atomic E-state index is 0.103. The predicted octanol–water partition coefficient (Wildman–Crippen LogP) is 3.64. The summed E-state index contributed by atoms with van der Waals surface area (Å²) in [5.41, 5.74) is 5.56. The first-order valence-electron chi connectivity index (χ1n) is 8.72. The Morgan fingerprint density at radius 2 is 1.45 bits per heavy atom. The standard InChI is InChI=1S/C17H33NO4/c1-2-3-4-5-6-7-8-9-10-11-14-22-17(21)15(18)12-13-16(19)20/h15H,2-14,18H2,1H3,(H,19,20). The Morgan fingerprint density at radius 3 is 1.95 bits per heavy atom. The molecule has 0 amide bonds. The van der Waals surface area contributed by atoms with Crippen molar-refractivity contribution in [3.63, 3.8) is 0 Å². The van der Waals surface area contributed by atoms with E-state index in [2.05, 4.69) is 6.92 Å². The van der Waals surface area contributed by atoms with Gasteiger partial charge in [0.15, 0.2) is 0 Å². The summed E-state index contributed by atoms with van der Waals surface area (Å²) in [4.78, 5) is 21.9. The van der Waals surface area contributed by atoms with Crippen LogP contribution in [0.25, 0.3) is 0 Å². The van der Waals surface area contributed by atoms with Crippen LogP contribution in [-0.2, 0) is 14.3 Å². The van der Waals surface area contributed by atoms with Crippen molar-refractivity contribution in [2.45, 2.75) is 90.0 Å². The van der Waals surface area contributed by atoms with Gasteiger partial charge in [0.05, 0.1) is 6.61 Å². The van der Waals surface area contributed by atoms with Gasteiger partial charge in [0.25, 0.3) is 0 Å². The highest BCUT2D eigenvalue weighted by molar-refractivity contribution is 5.76. The highest BCUT2D eigenvalue weighted by atomic mass is 16.5. The van der Waals surface area contributed by atoms with Crippen LogP contribution in [-0.4, -0.2) is 29.7 Å². The number of hydrogen-bond acceptors (Lipinski definition) is 4. The third-order valence-electron chi connectivity index (χ3n) is 3.71. The Morgan fingerprint density at radius 1 is 0.955 bits per heavy atom. The summed E-state index contributed by atoms with van der Waals surface area (Å²) in [6, 6.07) is -0.820. The molecule has 0 aliphatic rings. The minimum Gasteiger partial charge on any atom is -0.481 e. The molecule has 1 unspecified atom stereocenters. The summed E-state index contributed by atoms with van der Waals surface area (Å²) >= 11 is 0. The van der Waals surface area contributed by atoms with Gasteiger partial charge < -0.3 is 15.6 Å². The van der Waals surface area contributed by atoms with Gasteiger partial charge in [0.1, 0.15) is 6.04 Å². The molecule has 0 rings (SSSR count). The summed E-state index contributed by atoms with van der Waals surface area (Å²) in [6.45, 7) is 2.61. The molecule has 5 heteroatoms. The molecule has 0 fully saturated rings. The summed E-state index contributed by atoms with van der Waals surface area (Å²) in [5.74, 6) is -1.44. The third-order valence-corrected chi connectivity index (χ3v) is 3.71. The Hall–Kier alpha value is -1.10. The van der Waals surface area contributed by atoms with Gasteiger partial charge in [-0.05, 0) is 12.8 Å². The minimum atomic E-state index is -0.946. The molecule has 0 radical (unpaired) electrons. The molecule has 0 saturated carbocycles. The number of aliphatic carboxylic acids is 1. The lowest BCUT2D eigenvalue weighted by molar-refractivity contribution is -0.145. The van der Waals surface area contributed by atoms with Crippen LogP contribution in [0.2, 0.25) is 0 Å². The second-order valence-corrected chi connectivity index (χ2v) is 5.89. The molecule has 0 aliphatic heterocycles. The number of carbonyl (C=O) groups excluding carboxylic acids is 1. The fourth-order valence-corrected chi connectivity index (χ4v) is 2.27. The van der Waals surface area contributed by atoms with Crippen LogP contribution in [0.1, 0.15) is 84.0 Å². The van der Waals surface area contributed by atoms with E-state index in [1.807, 2.05) is 0 Å². The van der Waals surface area contributed by atoms with Gasteiger partial charge in [-0.3, -0.25) is 9.59 Å². The van der Waals surface area contributed by atoms with Crippen LogP contribution >= 0.6 is 0 Å². The van der Waals surface area contributed by atoms with Crippen LogP contribution in [0.3, 0.4) is 0 Å². The van der Waals surface area contributed by atoms with Crippen molar-refractivity contribution < 1.29 is 19.4 Å². The summed E-state index contributed by atoms with van der Waals surface area (Å²) in [7, 11) is 0. The second-order valence-electron chi connectivity index (χ2n) is 5.89. The van der Waals surface area contributed by atoms with Crippen LogP contribution in [0.4, 0.5) is 0 Å². The normalized spacial score (nSPS) is 12.1. The number of nitrogens with two attached hydrogens (primary N) is 1. The predicted molar refractivity (Wildman–Crippen MR) is 87.6 cm³/mol. The van der Waals surface area contributed by atoms with E-state index >= 15 is 0 Å².